The van der Waals surface area contributed by atoms with Gasteiger partial charge in [-0.2, -0.15) is 0 Å². The van der Waals surface area contributed by atoms with Crippen LogP contribution >= 0.6 is 0 Å². The lowest BCUT2D eigenvalue weighted by molar-refractivity contribution is 0.514. The molecule has 0 aliphatic heterocycles. The predicted molar refractivity (Wildman–Crippen MR) is 77.9 cm³/mol. The summed E-state index contributed by atoms with van der Waals surface area (Å²) in [5.41, 5.74) is 2.74. The highest BCUT2D eigenvalue weighted by atomic mass is 14.9. The molecule has 0 spiro atoms. The number of hydrogen-bond donors (Lipinski definition) is 1. The van der Waals surface area contributed by atoms with E-state index < -0.39 is 0 Å². The minimum atomic E-state index is 0.410. The maximum Gasteiger partial charge on any atom is 0.0240 e. The second-order valence-electron chi connectivity index (χ2n) is 4.65. The Morgan fingerprint density at radius 2 is 1.28 bits per heavy atom. The zero-order valence-corrected chi connectivity index (χ0v) is 11.1. The van der Waals surface area contributed by atoms with E-state index >= 15 is 0 Å². The second-order valence-corrected chi connectivity index (χ2v) is 4.65. The molecule has 18 heavy (non-hydrogen) atoms. The van der Waals surface area contributed by atoms with E-state index in [4.69, 9.17) is 0 Å². The Hall–Kier alpha value is -1.60. The summed E-state index contributed by atoms with van der Waals surface area (Å²) < 4.78 is 0. The van der Waals surface area contributed by atoms with Crippen LogP contribution in [0.2, 0.25) is 0 Å². The van der Waals surface area contributed by atoms with Crippen LogP contribution in [-0.2, 0) is 0 Å². The molecule has 2 rings (SSSR count). The summed E-state index contributed by atoms with van der Waals surface area (Å²) >= 11 is 0. The van der Waals surface area contributed by atoms with Crippen LogP contribution in [-0.4, -0.2) is 12.6 Å². The lowest BCUT2D eigenvalue weighted by Crippen LogP contribution is -2.32. The molecule has 0 saturated carbocycles. The van der Waals surface area contributed by atoms with Crippen LogP contribution in [0.5, 0.6) is 0 Å². The van der Waals surface area contributed by atoms with Crippen molar-refractivity contribution in [1.82, 2.24) is 5.32 Å². The van der Waals surface area contributed by atoms with Gasteiger partial charge in [0.05, 0.1) is 0 Å². The zero-order valence-electron chi connectivity index (χ0n) is 11.1. The van der Waals surface area contributed by atoms with Crippen molar-refractivity contribution in [3.05, 3.63) is 71.8 Å². The normalized spacial score (nSPS) is 12.6. The Bertz CT molecular complexity index is 410. The molecule has 0 fully saturated rings. The molecule has 1 N–H and O–H groups in total. The Balaban J connectivity index is 2.35. The zero-order chi connectivity index (χ0) is 12.8. The summed E-state index contributed by atoms with van der Waals surface area (Å²) in [7, 11) is 0. The average molecular weight is 239 g/mol. The van der Waals surface area contributed by atoms with Gasteiger partial charge in [-0.1, -0.05) is 67.6 Å². The van der Waals surface area contributed by atoms with Crippen LogP contribution in [0.4, 0.5) is 0 Å². The monoisotopic (exact) mass is 239 g/mol. The predicted octanol–water partition coefficient (Wildman–Crippen LogP) is 3.82. The topological polar surface area (TPSA) is 12.0 Å². The number of hydrogen-bond acceptors (Lipinski definition) is 1. The highest BCUT2D eigenvalue weighted by Gasteiger charge is 2.19. The Morgan fingerprint density at radius 1 is 0.833 bits per heavy atom. The molecule has 0 aliphatic carbocycles. The van der Waals surface area contributed by atoms with Crippen molar-refractivity contribution in [2.75, 3.05) is 6.54 Å². The minimum Gasteiger partial charge on any atom is -0.314 e. The molecular weight excluding hydrogens is 218 g/mol. The third-order valence-corrected chi connectivity index (χ3v) is 3.34. The van der Waals surface area contributed by atoms with Crippen molar-refractivity contribution in [3.8, 4) is 0 Å². The van der Waals surface area contributed by atoms with Crippen LogP contribution in [0.25, 0.3) is 0 Å². The van der Waals surface area contributed by atoms with Gasteiger partial charge < -0.3 is 5.32 Å². The van der Waals surface area contributed by atoms with Crippen molar-refractivity contribution in [1.29, 1.82) is 0 Å². The summed E-state index contributed by atoms with van der Waals surface area (Å²) in [5.74, 6) is 0.410. The fraction of sp³-hybridized carbons (Fsp3) is 0.294. The number of nitrogens with one attached hydrogen (secondary N) is 1. The number of rotatable bonds is 5. The first-order valence-corrected chi connectivity index (χ1v) is 6.66. The van der Waals surface area contributed by atoms with Crippen LogP contribution in [0.15, 0.2) is 60.7 Å². The third kappa shape index (κ3) is 2.99. The largest absolute Gasteiger partial charge is 0.314 e. The van der Waals surface area contributed by atoms with Crippen molar-refractivity contribution >= 4 is 0 Å². The minimum absolute atomic E-state index is 0.410. The van der Waals surface area contributed by atoms with Gasteiger partial charge >= 0.3 is 0 Å². The van der Waals surface area contributed by atoms with Crippen LogP contribution in [0.3, 0.4) is 0 Å². The molecule has 2 aromatic rings. The molecule has 0 aliphatic rings. The molecule has 0 bridgehead atoms. The average Bonchev–Trinajstić information content (AvgIpc) is 2.42. The van der Waals surface area contributed by atoms with Gasteiger partial charge in [-0.15, -0.1) is 0 Å². The van der Waals surface area contributed by atoms with Gasteiger partial charge in [0.1, 0.15) is 0 Å². The van der Waals surface area contributed by atoms with Gasteiger partial charge in [0.25, 0.3) is 0 Å². The third-order valence-electron chi connectivity index (χ3n) is 3.34. The molecule has 1 unspecified atom stereocenters. The summed E-state index contributed by atoms with van der Waals surface area (Å²) in [6.07, 6.45) is 0. The Morgan fingerprint density at radius 3 is 1.67 bits per heavy atom. The molecule has 1 atom stereocenters. The molecule has 1 heteroatoms. The molecule has 0 amide bonds. The molecule has 0 saturated heterocycles. The van der Waals surface area contributed by atoms with E-state index in [9.17, 15) is 0 Å². The lowest BCUT2D eigenvalue weighted by Gasteiger charge is -2.25. The first-order chi connectivity index (χ1) is 8.83. The molecule has 94 valence electrons. The second kappa shape index (κ2) is 6.36. The molecule has 2 aromatic carbocycles. The van der Waals surface area contributed by atoms with E-state index in [-0.39, 0.29) is 0 Å². The van der Waals surface area contributed by atoms with Gasteiger partial charge in [-0.05, 0) is 24.6 Å². The van der Waals surface area contributed by atoms with Crippen LogP contribution in [0.1, 0.15) is 30.9 Å². The number of likely N-dealkylation sites (N-methyl/N-ethyl adjacent to an activating group) is 1. The van der Waals surface area contributed by atoms with Crippen molar-refractivity contribution in [2.45, 2.75) is 25.8 Å². The van der Waals surface area contributed by atoms with Gasteiger partial charge in [0.15, 0.2) is 0 Å². The Labute approximate surface area is 110 Å². The van der Waals surface area contributed by atoms with E-state index in [1.807, 2.05) is 0 Å². The van der Waals surface area contributed by atoms with E-state index in [0.29, 0.717) is 12.0 Å². The summed E-state index contributed by atoms with van der Waals surface area (Å²) in [6, 6.07) is 21.9. The standard InChI is InChI=1S/C17H21N/c1-3-18-14(2)17(15-10-6-4-7-11-15)16-12-8-5-9-13-16/h4-14,17-18H,3H2,1-2H3. The van der Waals surface area contributed by atoms with Gasteiger partial charge in [-0.25, -0.2) is 0 Å². The smallest absolute Gasteiger partial charge is 0.0240 e. The van der Waals surface area contributed by atoms with Crippen molar-refractivity contribution in [3.63, 3.8) is 0 Å². The van der Waals surface area contributed by atoms with E-state index in [1.165, 1.54) is 11.1 Å². The quantitative estimate of drug-likeness (QED) is 0.836. The molecule has 0 aromatic heterocycles. The van der Waals surface area contributed by atoms with E-state index in [0.717, 1.165) is 6.54 Å². The summed E-state index contributed by atoms with van der Waals surface area (Å²) in [6.45, 7) is 5.41. The first-order valence-electron chi connectivity index (χ1n) is 6.66. The lowest BCUT2D eigenvalue weighted by atomic mass is 9.86. The van der Waals surface area contributed by atoms with Gasteiger partial charge in [-0.3, -0.25) is 0 Å². The Kier molecular flexibility index (Phi) is 4.54. The highest BCUT2D eigenvalue weighted by Crippen LogP contribution is 2.27. The molecule has 1 nitrogen and oxygen atoms in total. The molecule has 0 heterocycles. The SMILES string of the molecule is CCNC(C)C(c1ccccc1)c1ccccc1. The molecular formula is C17H21N. The highest BCUT2D eigenvalue weighted by molar-refractivity contribution is 5.34. The fourth-order valence-corrected chi connectivity index (χ4v) is 2.53. The van der Waals surface area contributed by atoms with E-state index in [1.54, 1.807) is 0 Å². The van der Waals surface area contributed by atoms with Gasteiger partial charge in [0.2, 0.25) is 0 Å². The van der Waals surface area contributed by atoms with Crippen LogP contribution < -0.4 is 5.32 Å². The van der Waals surface area contributed by atoms with Crippen LogP contribution in [0, 0.1) is 0 Å². The number of benzene rings is 2. The fourth-order valence-electron chi connectivity index (χ4n) is 2.53. The van der Waals surface area contributed by atoms with E-state index in [2.05, 4.69) is 79.8 Å². The van der Waals surface area contributed by atoms with Crippen molar-refractivity contribution in [2.24, 2.45) is 0 Å². The maximum atomic E-state index is 3.54. The summed E-state index contributed by atoms with van der Waals surface area (Å²) in [5, 5.41) is 3.54. The van der Waals surface area contributed by atoms with Crippen molar-refractivity contribution < 1.29 is 0 Å². The molecule has 0 radical (unpaired) electrons. The maximum absolute atomic E-state index is 3.54. The summed E-state index contributed by atoms with van der Waals surface area (Å²) in [4.78, 5) is 0. The van der Waals surface area contributed by atoms with Gasteiger partial charge in [0, 0.05) is 12.0 Å². The first kappa shape index (κ1) is 12.8.